The third kappa shape index (κ3) is 4.68. The average Bonchev–Trinajstić information content (AvgIpc) is 2.54. The first-order valence-electron chi connectivity index (χ1n) is 6.80. The SMILES string of the molecule is COc1ccc(Cl)cc1C(=O)NNCc1ccc(S(N)(=O)=O)cc1. The van der Waals surface area contributed by atoms with Crippen molar-refractivity contribution >= 4 is 27.5 Å². The van der Waals surface area contributed by atoms with Gasteiger partial charge in [-0.05, 0) is 35.9 Å². The maximum Gasteiger partial charge on any atom is 0.269 e. The molecule has 0 aliphatic heterocycles. The number of benzene rings is 2. The number of ether oxygens (including phenoxy) is 1. The molecule has 0 saturated carbocycles. The lowest BCUT2D eigenvalue weighted by atomic mass is 10.2. The monoisotopic (exact) mass is 369 g/mol. The van der Waals surface area contributed by atoms with Gasteiger partial charge in [0.05, 0.1) is 17.6 Å². The van der Waals surface area contributed by atoms with Crippen LogP contribution in [-0.4, -0.2) is 21.4 Å². The number of nitrogens with one attached hydrogen (secondary N) is 2. The van der Waals surface area contributed by atoms with Crippen molar-refractivity contribution < 1.29 is 17.9 Å². The lowest BCUT2D eigenvalue weighted by Gasteiger charge is -2.11. The smallest absolute Gasteiger partial charge is 0.269 e. The van der Waals surface area contributed by atoms with Gasteiger partial charge < -0.3 is 4.74 Å². The van der Waals surface area contributed by atoms with E-state index in [0.29, 0.717) is 22.9 Å². The lowest BCUT2D eigenvalue weighted by molar-refractivity contribution is 0.0929. The first kappa shape index (κ1) is 18.2. The molecule has 24 heavy (non-hydrogen) atoms. The third-order valence-electron chi connectivity index (χ3n) is 3.15. The molecule has 0 saturated heterocycles. The standard InChI is InChI=1S/C15H16ClN3O4S/c1-23-14-7-4-11(16)8-13(14)15(20)19-18-9-10-2-5-12(6-3-10)24(17,21)22/h2-8,18H,9H2,1H3,(H,19,20)(H2,17,21,22). The van der Waals surface area contributed by atoms with Gasteiger partial charge in [-0.1, -0.05) is 23.7 Å². The van der Waals surface area contributed by atoms with Crippen LogP contribution in [0, 0.1) is 0 Å². The molecule has 2 aromatic carbocycles. The van der Waals surface area contributed by atoms with E-state index >= 15 is 0 Å². The van der Waals surface area contributed by atoms with Gasteiger partial charge in [-0.25, -0.2) is 19.0 Å². The molecule has 0 bridgehead atoms. The topological polar surface area (TPSA) is 111 Å². The van der Waals surface area contributed by atoms with Gasteiger partial charge >= 0.3 is 0 Å². The number of nitrogens with two attached hydrogens (primary N) is 1. The number of halogens is 1. The Labute approximate surface area is 144 Å². The van der Waals surface area contributed by atoms with Crippen molar-refractivity contribution in [2.45, 2.75) is 11.4 Å². The molecular formula is C15H16ClN3O4S. The Morgan fingerprint density at radius 3 is 2.46 bits per heavy atom. The van der Waals surface area contributed by atoms with Gasteiger partial charge in [0.15, 0.2) is 0 Å². The Morgan fingerprint density at radius 1 is 1.21 bits per heavy atom. The fourth-order valence-electron chi connectivity index (χ4n) is 1.95. The number of rotatable bonds is 6. The summed E-state index contributed by atoms with van der Waals surface area (Å²) in [5.74, 6) is -0.00767. The summed E-state index contributed by atoms with van der Waals surface area (Å²) in [6.45, 7) is 0.291. The number of hydrogen-bond acceptors (Lipinski definition) is 5. The fourth-order valence-corrected chi connectivity index (χ4v) is 2.64. The van der Waals surface area contributed by atoms with E-state index < -0.39 is 15.9 Å². The minimum absolute atomic E-state index is 0.0268. The predicted octanol–water partition coefficient (Wildman–Crippen LogP) is 1.43. The van der Waals surface area contributed by atoms with E-state index in [1.165, 1.54) is 25.3 Å². The minimum atomic E-state index is -3.72. The normalized spacial score (nSPS) is 11.1. The number of methoxy groups -OCH3 is 1. The molecule has 2 rings (SSSR count). The van der Waals surface area contributed by atoms with Gasteiger partial charge in [-0.3, -0.25) is 10.2 Å². The number of hydrogen-bond donors (Lipinski definition) is 3. The van der Waals surface area contributed by atoms with Crippen molar-refractivity contribution in [3.63, 3.8) is 0 Å². The van der Waals surface area contributed by atoms with Crippen molar-refractivity contribution in [1.82, 2.24) is 10.9 Å². The van der Waals surface area contributed by atoms with E-state index in [2.05, 4.69) is 10.9 Å². The van der Waals surface area contributed by atoms with Crippen LogP contribution in [0.5, 0.6) is 5.75 Å². The van der Waals surface area contributed by atoms with Gasteiger partial charge in [0.25, 0.3) is 5.91 Å². The van der Waals surface area contributed by atoms with E-state index in [1.54, 1.807) is 24.3 Å². The summed E-state index contributed by atoms with van der Waals surface area (Å²) in [5.41, 5.74) is 6.33. The van der Waals surface area contributed by atoms with Crippen LogP contribution in [-0.2, 0) is 16.6 Å². The van der Waals surface area contributed by atoms with Gasteiger partial charge in [0.1, 0.15) is 5.75 Å². The largest absolute Gasteiger partial charge is 0.496 e. The number of primary sulfonamides is 1. The summed E-state index contributed by atoms with van der Waals surface area (Å²) >= 11 is 5.88. The number of carbonyl (C=O) groups excluding carboxylic acids is 1. The zero-order valence-electron chi connectivity index (χ0n) is 12.7. The summed E-state index contributed by atoms with van der Waals surface area (Å²) in [5, 5.41) is 5.44. The summed E-state index contributed by atoms with van der Waals surface area (Å²) < 4.78 is 27.5. The minimum Gasteiger partial charge on any atom is -0.496 e. The van der Waals surface area contributed by atoms with Crippen LogP contribution < -0.4 is 20.7 Å². The molecule has 0 heterocycles. The van der Waals surface area contributed by atoms with E-state index in [9.17, 15) is 13.2 Å². The molecule has 4 N–H and O–H groups in total. The molecule has 7 nitrogen and oxygen atoms in total. The van der Waals surface area contributed by atoms with E-state index in [4.69, 9.17) is 21.5 Å². The van der Waals surface area contributed by atoms with Crippen molar-refractivity contribution in [2.75, 3.05) is 7.11 Å². The van der Waals surface area contributed by atoms with Crippen LogP contribution in [0.4, 0.5) is 0 Å². The molecule has 0 aliphatic rings. The van der Waals surface area contributed by atoms with Crippen LogP contribution in [0.15, 0.2) is 47.4 Å². The average molecular weight is 370 g/mol. The maximum atomic E-state index is 12.1. The summed E-state index contributed by atoms with van der Waals surface area (Å²) in [7, 11) is -2.26. The molecule has 0 radical (unpaired) electrons. The molecule has 0 spiro atoms. The quantitative estimate of drug-likeness (QED) is 0.667. The van der Waals surface area contributed by atoms with Gasteiger partial charge in [0, 0.05) is 11.6 Å². The fraction of sp³-hybridized carbons (Fsp3) is 0.133. The Balaban J connectivity index is 1.97. The van der Waals surface area contributed by atoms with Crippen molar-refractivity contribution in [2.24, 2.45) is 5.14 Å². The van der Waals surface area contributed by atoms with E-state index in [0.717, 1.165) is 5.56 Å². The van der Waals surface area contributed by atoms with E-state index in [1.807, 2.05) is 0 Å². The molecule has 128 valence electrons. The second kappa shape index (κ2) is 7.63. The maximum absolute atomic E-state index is 12.1. The lowest BCUT2D eigenvalue weighted by Crippen LogP contribution is -2.37. The third-order valence-corrected chi connectivity index (χ3v) is 4.32. The highest BCUT2D eigenvalue weighted by atomic mass is 35.5. The molecule has 1 amide bonds. The van der Waals surface area contributed by atoms with Crippen LogP contribution in [0.25, 0.3) is 0 Å². The van der Waals surface area contributed by atoms with Crippen molar-refractivity contribution in [1.29, 1.82) is 0 Å². The Bertz CT molecular complexity index is 838. The second-order valence-electron chi connectivity index (χ2n) is 4.84. The Hall–Kier alpha value is -2.13. The zero-order valence-corrected chi connectivity index (χ0v) is 14.3. The molecule has 2 aromatic rings. The highest BCUT2D eigenvalue weighted by Gasteiger charge is 2.12. The number of amides is 1. The molecule has 0 fully saturated rings. The van der Waals surface area contributed by atoms with Crippen molar-refractivity contribution in [3.05, 3.63) is 58.6 Å². The summed E-state index contributed by atoms with van der Waals surface area (Å²) in [6, 6.07) is 10.7. The first-order valence-corrected chi connectivity index (χ1v) is 8.72. The number of sulfonamides is 1. The summed E-state index contributed by atoms with van der Waals surface area (Å²) in [4.78, 5) is 12.2. The van der Waals surface area contributed by atoms with Gasteiger partial charge in [-0.15, -0.1) is 0 Å². The molecule has 0 aliphatic carbocycles. The zero-order chi connectivity index (χ0) is 17.7. The van der Waals surface area contributed by atoms with Gasteiger partial charge in [0.2, 0.25) is 10.0 Å². The second-order valence-corrected chi connectivity index (χ2v) is 6.84. The predicted molar refractivity (Wildman–Crippen MR) is 90.1 cm³/mol. The van der Waals surface area contributed by atoms with Crippen LogP contribution >= 0.6 is 11.6 Å². The highest BCUT2D eigenvalue weighted by molar-refractivity contribution is 7.89. The van der Waals surface area contributed by atoms with Gasteiger partial charge in [-0.2, -0.15) is 0 Å². The van der Waals surface area contributed by atoms with E-state index in [-0.39, 0.29) is 4.90 Å². The van der Waals surface area contributed by atoms with Crippen LogP contribution in [0.1, 0.15) is 15.9 Å². The Kier molecular flexibility index (Phi) is 5.79. The molecule has 0 atom stereocenters. The molecule has 0 aromatic heterocycles. The first-order chi connectivity index (χ1) is 11.3. The molecule has 0 unspecified atom stereocenters. The molecular weight excluding hydrogens is 354 g/mol. The van der Waals surface area contributed by atoms with Crippen molar-refractivity contribution in [3.8, 4) is 5.75 Å². The highest BCUT2D eigenvalue weighted by Crippen LogP contribution is 2.22. The summed E-state index contributed by atoms with van der Waals surface area (Å²) in [6.07, 6.45) is 0. The van der Waals surface area contributed by atoms with Crippen LogP contribution in [0.3, 0.4) is 0 Å². The number of hydrazine groups is 1. The molecule has 9 heteroatoms. The number of carbonyl (C=O) groups is 1. The Morgan fingerprint density at radius 2 is 1.88 bits per heavy atom. The van der Waals surface area contributed by atoms with Crippen LogP contribution in [0.2, 0.25) is 5.02 Å².